The van der Waals surface area contributed by atoms with Crippen LogP contribution in [0, 0.1) is 5.92 Å². The number of rotatable bonds is 6. The van der Waals surface area contributed by atoms with Gasteiger partial charge in [0.25, 0.3) is 0 Å². The molecule has 6 heteroatoms. The molecule has 0 aliphatic carbocycles. The fourth-order valence-electron chi connectivity index (χ4n) is 3.39. The van der Waals surface area contributed by atoms with Crippen LogP contribution in [0.3, 0.4) is 0 Å². The van der Waals surface area contributed by atoms with Crippen LogP contribution < -0.4 is 5.32 Å². The number of anilines is 1. The molecule has 2 aromatic carbocycles. The van der Waals surface area contributed by atoms with Gasteiger partial charge in [0.15, 0.2) is 0 Å². The minimum atomic E-state index is -3.50. The van der Waals surface area contributed by atoms with Gasteiger partial charge in [-0.25, -0.2) is 8.42 Å². The summed E-state index contributed by atoms with van der Waals surface area (Å²) in [6, 6.07) is 16.5. The van der Waals surface area contributed by atoms with Gasteiger partial charge in [-0.3, -0.25) is 4.79 Å². The number of sulfonamides is 1. The molecule has 1 aliphatic heterocycles. The number of hydrogen-bond acceptors (Lipinski definition) is 3. The molecule has 0 unspecified atom stereocenters. The molecule has 1 amide bonds. The predicted octanol–water partition coefficient (Wildman–Crippen LogP) is 3.68. The summed E-state index contributed by atoms with van der Waals surface area (Å²) in [6.45, 7) is 2.83. The number of nitrogens with zero attached hydrogens (tertiary/aromatic N) is 1. The number of hydrogen-bond donors (Lipinski definition) is 1. The van der Waals surface area contributed by atoms with Crippen LogP contribution in [0.5, 0.6) is 0 Å². The van der Waals surface area contributed by atoms with Crippen LogP contribution in [0.4, 0.5) is 5.69 Å². The molecule has 0 spiro atoms. The average Bonchev–Trinajstić information content (AvgIpc) is 2.69. The van der Waals surface area contributed by atoms with Crippen LogP contribution in [0.1, 0.15) is 31.7 Å². The standard InChI is InChI=1S/C21H26N2O3S/c1-2-6-17-9-11-20(12-10-17)27(25,26)23-15-13-18(14-16-23)21(24)22-19-7-4-3-5-8-19/h3-5,7-12,18H,2,6,13-16H2,1H3,(H,22,24). The zero-order chi connectivity index (χ0) is 19.3. The Bertz CT molecular complexity index is 856. The second-order valence-electron chi connectivity index (χ2n) is 6.93. The van der Waals surface area contributed by atoms with Crippen molar-refractivity contribution < 1.29 is 13.2 Å². The Morgan fingerprint density at radius 3 is 2.26 bits per heavy atom. The number of amides is 1. The lowest BCUT2D eigenvalue weighted by molar-refractivity contribution is -0.120. The first kappa shape index (κ1) is 19.6. The first-order valence-corrected chi connectivity index (χ1v) is 10.9. The van der Waals surface area contributed by atoms with Crippen molar-refractivity contribution in [1.82, 2.24) is 4.31 Å². The van der Waals surface area contributed by atoms with E-state index in [2.05, 4.69) is 12.2 Å². The molecule has 1 saturated heterocycles. The average molecular weight is 387 g/mol. The topological polar surface area (TPSA) is 66.5 Å². The first-order valence-electron chi connectivity index (χ1n) is 9.45. The van der Waals surface area contributed by atoms with Gasteiger partial charge in [-0.15, -0.1) is 0 Å². The predicted molar refractivity (Wildman–Crippen MR) is 107 cm³/mol. The van der Waals surface area contributed by atoms with Gasteiger partial charge in [-0.2, -0.15) is 4.31 Å². The van der Waals surface area contributed by atoms with Gasteiger partial charge < -0.3 is 5.32 Å². The van der Waals surface area contributed by atoms with Gasteiger partial charge in [0.2, 0.25) is 15.9 Å². The minimum Gasteiger partial charge on any atom is -0.326 e. The maximum Gasteiger partial charge on any atom is 0.243 e. The van der Waals surface area contributed by atoms with Crippen LogP contribution in [0.15, 0.2) is 59.5 Å². The largest absolute Gasteiger partial charge is 0.326 e. The molecule has 2 aromatic rings. The zero-order valence-corrected chi connectivity index (χ0v) is 16.4. The van der Waals surface area contributed by atoms with Crippen molar-refractivity contribution in [1.29, 1.82) is 0 Å². The third-order valence-corrected chi connectivity index (χ3v) is 6.88. The first-order chi connectivity index (χ1) is 13.0. The number of nitrogens with one attached hydrogen (secondary N) is 1. The Balaban J connectivity index is 1.60. The fourth-order valence-corrected chi connectivity index (χ4v) is 4.86. The molecule has 0 radical (unpaired) electrons. The van der Waals surface area contributed by atoms with E-state index in [4.69, 9.17) is 0 Å². The number of aryl methyl sites for hydroxylation is 1. The van der Waals surface area contributed by atoms with Gasteiger partial charge >= 0.3 is 0 Å². The molecular weight excluding hydrogens is 360 g/mol. The molecule has 3 rings (SSSR count). The highest BCUT2D eigenvalue weighted by Crippen LogP contribution is 2.25. The van der Waals surface area contributed by atoms with E-state index < -0.39 is 10.0 Å². The Hall–Kier alpha value is -2.18. The zero-order valence-electron chi connectivity index (χ0n) is 15.6. The number of carbonyl (C=O) groups is 1. The van der Waals surface area contributed by atoms with E-state index in [1.165, 1.54) is 4.31 Å². The highest BCUT2D eigenvalue weighted by Gasteiger charge is 2.32. The Morgan fingerprint density at radius 1 is 1.04 bits per heavy atom. The third-order valence-electron chi connectivity index (χ3n) is 4.97. The Kier molecular flexibility index (Phi) is 6.29. The summed E-state index contributed by atoms with van der Waals surface area (Å²) >= 11 is 0. The summed E-state index contributed by atoms with van der Waals surface area (Å²) in [7, 11) is -3.50. The van der Waals surface area contributed by atoms with E-state index in [1.807, 2.05) is 42.5 Å². The normalized spacial score (nSPS) is 16.2. The Morgan fingerprint density at radius 2 is 1.67 bits per heavy atom. The molecule has 0 saturated carbocycles. The monoisotopic (exact) mass is 386 g/mol. The number of benzene rings is 2. The summed E-state index contributed by atoms with van der Waals surface area (Å²) in [4.78, 5) is 12.7. The number of para-hydroxylation sites is 1. The molecule has 1 fully saturated rings. The van der Waals surface area contributed by atoms with Crippen LogP contribution in [0.25, 0.3) is 0 Å². The molecule has 0 aromatic heterocycles. The lowest BCUT2D eigenvalue weighted by Crippen LogP contribution is -2.41. The van der Waals surface area contributed by atoms with Crippen molar-refractivity contribution in [2.24, 2.45) is 5.92 Å². The lowest BCUT2D eigenvalue weighted by Gasteiger charge is -2.30. The lowest BCUT2D eigenvalue weighted by atomic mass is 9.97. The number of carbonyl (C=O) groups excluding carboxylic acids is 1. The molecule has 1 aliphatic rings. The van der Waals surface area contributed by atoms with Gasteiger partial charge in [0, 0.05) is 24.7 Å². The molecular formula is C21H26N2O3S. The molecule has 144 valence electrons. The molecule has 27 heavy (non-hydrogen) atoms. The van der Waals surface area contributed by atoms with E-state index in [1.54, 1.807) is 12.1 Å². The molecule has 0 atom stereocenters. The van der Waals surface area contributed by atoms with Crippen molar-refractivity contribution in [3.8, 4) is 0 Å². The van der Waals surface area contributed by atoms with Gasteiger partial charge in [-0.05, 0) is 49.1 Å². The van der Waals surface area contributed by atoms with Crippen molar-refractivity contribution in [3.05, 3.63) is 60.2 Å². The van der Waals surface area contributed by atoms with E-state index >= 15 is 0 Å². The SMILES string of the molecule is CCCc1ccc(S(=O)(=O)N2CCC(C(=O)Nc3ccccc3)CC2)cc1. The molecule has 5 nitrogen and oxygen atoms in total. The van der Waals surface area contributed by atoms with E-state index in [9.17, 15) is 13.2 Å². The summed E-state index contributed by atoms with van der Waals surface area (Å²) in [5, 5.41) is 2.91. The quantitative estimate of drug-likeness (QED) is 0.824. The Labute approximate surface area is 161 Å². The maximum atomic E-state index is 12.8. The number of piperidine rings is 1. The van der Waals surface area contributed by atoms with E-state index in [0.717, 1.165) is 24.1 Å². The molecule has 0 bridgehead atoms. The van der Waals surface area contributed by atoms with Crippen molar-refractivity contribution in [3.63, 3.8) is 0 Å². The van der Waals surface area contributed by atoms with E-state index in [0.29, 0.717) is 30.8 Å². The minimum absolute atomic E-state index is 0.0397. The van der Waals surface area contributed by atoms with Gasteiger partial charge in [-0.1, -0.05) is 43.7 Å². The van der Waals surface area contributed by atoms with Crippen LogP contribution in [-0.2, 0) is 21.2 Å². The maximum absolute atomic E-state index is 12.8. The van der Waals surface area contributed by atoms with Gasteiger partial charge in [0.05, 0.1) is 4.90 Å². The van der Waals surface area contributed by atoms with Crippen LogP contribution in [-0.4, -0.2) is 31.7 Å². The third kappa shape index (κ3) is 4.76. The fraction of sp³-hybridized carbons (Fsp3) is 0.381. The van der Waals surface area contributed by atoms with Crippen molar-refractivity contribution in [2.75, 3.05) is 18.4 Å². The second kappa shape index (κ2) is 8.67. The summed E-state index contributed by atoms with van der Waals surface area (Å²) < 4.78 is 27.2. The summed E-state index contributed by atoms with van der Waals surface area (Å²) in [5.41, 5.74) is 1.91. The highest BCUT2D eigenvalue weighted by molar-refractivity contribution is 7.89. The van der Waals surface area contributed by atoms with Crippen molar-refractivity contribution >= 4 is 21.6 Å². The second-order valence-corrected chi connectivity index (χ2v) is 8.87. The smallest absolute Gasteiger partial charge is 0.243 e. The van der Waals surface area contributed by atoms with Crippen LogP contribution >= 0.6 is 0 Å². The van der Waals surface area contributed by atoms with Gasteiger partial charge in [0.1, 0.15) is 0 Å². The summed E-state index contributed by atoms with van der Waals surface area (Å²) in [6.07, 6.45) is 3.05. The van der Waals surface area contributed by atoms with Crippen LogP contribution in [0.2, 0.25) is 0 Å². The highest BCUT2D eigenvalue weighted by atomic mass is 32.2. The van der Waals surface area contributed by atoms with Crippen molar-refractivity contribution in [2.45, 2.75) is 37.5 Å². The molecule has 1 heterocycles. The molecule has 1 N–H and O–H groups in total. The summed E-state index contributed by atoms with van der Waals surface area (Å²) in [5.74, 6) is -0.203. The van der Waals surface area contributed by atoms with E-state index in [-0.39, 0.29) is 11.8 Å².